The van der Waals surface area contributed by atoms with Crippen molar-refractivity contribution >= 4 is 5.91 Å². The van der Waals surface area contributed by atoms with Crippen molar-refractivity contribution in [3.05, 3.63) is 36.2 Å². The minimum Gasteiger partial charge on any atom is -0.497 e. The molecule has 1 aromatic carbocycles. The summed E-state index contributed by atoms with van der Waals surface area (Å²) < 4.78 is 12.2. The van der Waals surface area contributed by atoms with Crippen LogP contribution in [0.15, 0.2) is 30.6 Å². The molecule has 3 rings (SSSR count). The van der Waals surface area contributed by atoms with Crippen molar-refractivity contribution in [2.75, 3.05) is 27.3 Å². The molecule has 0 bridgehead atoms. The maximum atomic E-state index is 12.7. The number of amides is 1. The fraction of sp³-hybridized carbons (Fsp3) is 0.400. The Morgan fingerprint density at radius 1 is 1.23 bits per heavy atom. The summed E-state index contributed by atoms with van der Waals surface area (Å²) in [6.45, 7) is 1.32. The van der Waals surface area contributed by atoms with Gasteiger partial charge in [-0.05, 0) is 18.6 Å². The molecule has 22 heavy (non-hydrogen) atoms. The number of ether oxygens (including phenoxy) is 2. The Labute approximate surface area is 128 Å². The van der Waals surface area contributed by atoms with Gasteiger partial charge in [0.2, 0.25) is 0 Å². The maximum Gasteiger partial charge on any atom is 0.254 e. The van der Waals surface area contributed by atoms with Crippen LogP contribution in [0.2, 0.25) is 0 Å². The van der Waals surface area contributed by atoms with Crippen LogP contribution in [0, 0.1) is 0 Å². The molecule has 2 aromatic rings. The minimum absolute atomic E-state index is 0.0279. The molecule has 7 heteroatoms. The molecule has 1 unspecified atom stereocenters. The van der Waals surface area contributed by atoms with E-state index in [1.165, 1.54) is 0 Å². The van der Waals surface area contributed by atoms with Crippen LogP contribution in [0.1, 0.15) is 22.8 Å². The number of carbonyl (C=O) groups excluding carboxylic acids is 1. The highest BCUT2D eigenvalue weighted by atomic mass is 16.5. The lowest BCUT2D eigenvalue weighted by molar-refractivity contribution is 0.0786. The molecule has 0 radical (unpaired) electrons. The first-order valence-corrected chi connectivity index (χ1v) is 7.09. The largest absolute Gasteiger partial charge is 0.497 e. The van der Waals surface area contributed by atoms with E-state index in [4.69, 9.17) is 9.47 Å². The molecule has 1 aliphatic heterocycles. The molecule has 2 heterocycles. The second-order valence-corrected chi connectivity index (χ2v) is 5.18. The molecule has 1 aromatic heterocycles. The van der Waals surface area contributed by atoms with Gasteiger partial charge in [0.05, 0.1) is 26.5 Å². The van der Waals surface area contributed by atoms with E-state index in [0.29, 0.717) is 30.2 Å². The monoisotopic (exact) mass is 302 g/mol. The van der Waals surface area contributed by atoms with Crippen LogP contribution in [-0.2, 0) is 0 Å². The van der Waals surface area contributed by atoms with E-state index in [-0.39, 0.29) is 11.9 Å². The summed E-state index contributed by atoms with van der Waals surface area (Å²) in [6.07, 6.45) is 4.35. The molecule has 0 N–H and O–H groups in total. The van der Waals surface area contributed by atoms with Gasteiger partial charge in [0.1, 0.15) is 11.5 Å². The number of nitrogens with zero attached hydrogens (tertiary/aromatic N) is 4. The zero-order valence-corrected chi connectivity index (χ0v) is 12.6. The van der Waals surface area contributed by atoms with E-state index in [9.17, 15) is 4.79 Å². The van der Waals surface area contributed by atoms with E-state index >= 15 is 0 Å². The predicted molar refractivity (Wildman–Crippen MR) is 79.1 cm³/mol. The van der Waals surface area contributed by atoms with E-state index < -0.39 is 0 Å². The number of aromatic nitrogens is 3. The second-order valence-electron chi connectivity index (χ2n) is 5.18. The van der Waals surface area contributed by atoms with Crippen LogP contribution in [0.25, 0.3) is 0 Å². The lowest BCUT2D eigenvalue weighted by Gasteiger charge is -2.17. The molecule has 1 amide bonds. The van der Waals surface area contributed by atoms with Crippen LogP contribution >= 0.6 is 0 Å². The molecule has 0 saturated carbocycles. The maximum absolute atomic E-state index is 12.7. The number of rotatable bonds is 4. The van der Waals surface area contributed by atoms with E-state index in [0.717, 1.165) is 6.42 Å². The van der Waals surface area contributed by atoms with Crippen molar-refractivity contribution in [3.8, 4) is 11.5 Å². The average Bonchev–Trinajstić information content (AvgIpc) is 3.24. The fourth-order valence-electron chi connectivity index (χ4n) is 2.67. The van der Waals surface area contributed by atoms with E-state index in [1.807, 2.05) is 11.1 Å². The van der Waals surface area contributed by atoms with Gasteiger partial charge in [0, 0.05) is 30.9 Å². The third-order valence-corrected chi connectivity index (χ3v) is 3.86. The van der Waals surface area contributed by atoms with Crippen LogP contribution in [0.5, 0.6) is 11.5 Å². The number of carbonyl (C=O) groups is 1. The van der Waals surface area contributed by atoms with Gasteiger partial charge in [-0.2, -0.15) is 0 Å². The molecule has 0 aliphatic carbocycles. The van der Waals surface area contributed by atoms with Crippen molar-refractivity contribution in [3.63, 3.8) is 0 Å². The molecule has 0 spiro atoms. The molecule has 1 atom stereocenters. The Morgan fingerprint density at radius 3 is 2.55 bits per heavy atom. The summed E-state index contributed by atoms with van der Waals surface area (Å²) in [5.74, 6) is 1.18. The molecule has 7 nitrogen and oxygen atoms in total. The normalized spacial score (nSPS) is 17.5. The lowest BCUT2D eigenvalue weighted by atomic mass is 10.1. The van der Waals surface area contributed by atoms with Crippen molar-refractivity contribution in [1.29, 1.82) is 0 Å². The van der Waals surface area contributed by atoms with Crippen molar-refractivity contribution < 1.29 is 14.3 Å². The molecule has 116 valence electrons. The Hall–Kier alpha value is -2.57. The number of hydrogen-bond donors (Lipinski definition) is 0. The zero-order valence-electron chi connectivity index (χ0n) is 12.6. The van der Waals surface area contributed by atoms with Gasteiger partial charge >= 0.3 is 0 Å². The van der Waals surface area contributed by atoms with Gasteiger partial charge in [-0.15, -0.1) is 5.10 Å². The minimum atomic E-state index is -0.0279. The van der Waals surface area contributed by atoms with Gasteiger partial charge in [0.15, 0.2) is 0 Å². The molecule has 1 fully saturated rings. The smallest absolute Gasteiger partial charge is 0.254 e. The Morgan fingerprint density at radius 2 is 1.95 bits per heavy atom. The van der Waals surface area contributed by atoms with E-state index in [2.05, 4.69) is 10.3 Å². The summed E-state index contributed by atoms with van der Waals surface area (Å²) in [6, 6.07) is 5.39. The van der Waals surface area contributed by atoms with Crippen LogP contribution < -0.4 is 9.47 Å². The highest BCUT2D eigenvalue weighted by Crippen LogP contribution is 2.26. The summed E-state index contributed by atoms with van der Waals surface area (Å²) in [7, 11) is 3.14. The number of likely N-dealkylation sites (tertiary alicyclic amines) is 1. The van der Waals surface area contributed by atoms with Crippen LogP contribution in [0.3, 0.4) is 0 Å². The number of methoxy groups -OCH3 is 2. The first kappa shape index (κ1) is 14.4. The molecule has 1 saturated heterocycles. The third kappa shape index (κ3) is 2.74. The van der Waals surface area contributed by atoms with E-state index in [1.54, 1.807) is 43.3 Å². The van der Waals surface area contributed by atoms with Crippen molar-refractivity contribution in [2.24, 2.45) is 0 Å². The van der Waals surface area contributed by atoms with Gasteiger partial charge in [-0.25, -0.2) is 4.68 Å². The quantitative estimate of drug-likeness (QED) is 0.853. The van der Waals surface area contributed by atoms with Gasteiger partial charge in [-0.3, -0.25) is 4.79 Å². The second kappa shape index (κ2) is 6.05. The third-order valence-electron chi connectivity index (χ3n) is 3.86. The van der Waals surface area contributed by atoms with Crippen molar-refractivity contribution in [1.82, 2.24) is 19.9 Å². The first-order chi connectivity index (χ1) is 10.7. The fourth-order valence-corrected chi connectivity index (χ4v) is 2.67. The van der Waals surface area contributed by atoms with Crippen LogP contribution in [0.4, 0.5) is 0 Å². The Balaban J connectivity index is 1.77. The number of hydrogen-bond acceptors (Lipinski definition) is 5. The summed E-state index contributed by atoms with van der Waals surface area (Å²) in [5, 5.41) is 7.82. The number of benzene rings is 1. The summed E-state index contributed by atoms with van der Waals surface area (Å²) in [5.41, 5.74) is 0.565. The van der Waals surface area contributed by atoms with Crippen molar-refractivity contribution in [2.45, 2.75) is 12.5 Å². The zero-order chi connectivity index (χ0) is 15.5. The average molecular weight is 302 g/mol. The van der Waals surface area contributed by atoms with Crippen LogP contribution in [-0.4, -0.2) is 53.1 Å². The lowest BCUT2D eigenvalue weighted by Crippen LogP contribution is -2.29. The summed E-state index contributed by atoms with van der Waals surface area (Å²) >= 11 is 0. The molecular weight excluding hydrogens is 284 g/mol. The van der Waals surface area contributed by atoms with Gasteiger partial charge < -0.3 is 14.4 Å². The first-order valence-electron chi connectivity index (χ1n) is 7.09. The Bertz CT molecular complexity index is 635. The SMILES string of the molecule is COc1cc(OC)cc(C(=O)N2CCC(n3ccnn3)C2)c1. The van der Waals surface area contributed by atoms with Gasteiger partial charge in [-0.1, -0.05) is 5.21 Å². The summed E-state index contributed by atoms with van der Waals surface area (Å²) in [4.78, 5) is 14.5. The topological polar surface area (TPSA) is 69.5 Å². The van der Waals surface area contributed by atoms with Gasteiger partial charge in [0.25, 0.3) is 5.91 Å². The molecule has 1 aliphatic rings. The highest BCUT2D eigenvalue weighted by Gasteiger charge is 2.28. The standard InChI is InChI=1S/C15H18N4O3/c1-21-13-7-11(8-14(9-13)22-2)15(20)18-5-3-12(10-18)19-6-4-16-17-19/h4,6-9,12H,3,5,10H2,1-2H3. The predicted octanol–water partition coefficient (Wildman–Crippen LogP) is 1.38. The highest BCUT2D eigenvalue weighted by molar-refractivity contribution is 5.95. The molecular formula is C15H18N4O3. The Kier molecular flexibility index (Phi) is 3.95.